The number of halogens is 1. The highest BCUT2D eigenvalue weighted by atomic mass is 79.9. The molecule has 1 heterocycles. The minimum absolute atomic E-state index is 0.0294. The molecule has 7 nitrogen and oxygen atoms in total. The maximum absolute atomic E-state index is 12.7. The molecule has 1 aliphatic heterocycles. The maximum Gasteiger partial charge on any atom is 0.306 e. The van der Waals surface area contributed by atoms with E-state index in [0.29, 0.717) is 16.7 Å². The molecule has 0 saturated heterocycles. The molecule has 2 rings (SSSR count). The number of amides is 2. The summed E-state index contributed by atoms with van der Waals surface area (Å²) in [5, 5.41) is 0.184. The number of primary amides is 1. The lowest BCUT2D eigenvalue weighted by Gasteiger charge is -2.25. The van der Waals surface area contributed by atoms with Gasteiger partial charge in [-0.3, -0.25) is 19.2 Å². The maximum atomic E-state index is 12.7. The van der Waals surface area contributed by atoms with Crippen LogP contribution in [-0.4, -0.2) is 45.4 Å². The van der Waals surface area contributed by atoms with Gasteiger partial charge in [0.1, 0.15) is 11.6 Å². The van der Waals surface area contributed by atoms with Crippen molar-refractivity contribution in [2.45, 2.75) is 51.8 Å². The Morgan fingerprint density at radius 3 is 2.52 bits per heavy atom. The zero-order valence-corrected chi connectivity index (χ0v) is 17.2. The molecule has 1 aromatic carbocycles. The average Bonchev–Trinajstić information content (AvgIpc) is 2.88. The highest BCUT2D eigenvalue weighted by Crippen LogP contribution is 2.27. The predicted molar refractivity (Wildman–Crippen MR) is 103 cm³/mol. The fourth-order valence-electron chi connectivity index (χ4n) is 2.94. The van der Waals surface area contributed by atoms with Crippen LogP contribution in [0.4, 0.5) is 0 Å². The topological polar surface area (TPSA) is 107 Å². The standard InChI is InChI=1S/C19H23BrN2O5/c1-19(2,3)27-16(24)7-6-14(17(21)25)22-10-12-8-11(15(23)9-20)4-5-13(12)18(22)26/h4-5,8,14H,6-7,9-10H2,1-3H3,(H2,21,25). The van der Waals surface area contributed by atoms with Gasteiger partial charge in [0, 0.05) is 24.1 Å². The summed E-state index contributed by atoms with van der Waals surface area (Å²) < 4.78 is 5.24. The number of carbonyl (C=O) groups excluding carboxylic acids is 4. The Hall–Kier alpha value is -2.22. The number of hydrogen-bond acceptors (Lipinski definition) is 5. The molecule has 2 amide bonds. The van der Waals surface area contributed by atoms with Crippen LogP contribution >= 0.6 is 15.9 Å². The number of Topliss-reactive ketones (excluding diaryl/α,β-unsaturated/α-hetero) is 1. The van der Waals surface area contributed by atoms with E-state index in [1.807, 2.05) is 0 Å². The van der Waals surface area contributed by atoms with Crippen molar-refractivity contribution in [2.75, 3.05) is 5.33 Å². The van der Waals surface area contributed by atoms with Gasteiger partial charge >= 0.3 is 5.97 Å². The summed E-state index contributed by atoms with van der Waals surface area (Å²) >= 11 is 3.12. The number of fused-ring (bicyclic) bond motifs is 1. The second kappa shape index (κ2) is 8.21. The number of nitrogens with zero attached hydrogens (tertiary/aromatic N) is 1. The number of ether oxygens (including phenoxy) is 1. The molecule has 0 spiro atoms. The summed E-state index contributed by atoms with van der Waals surface area (Å²) in [7, 11) is 0. The Kier molecular flexibility index (Phi) is 6.41. The summed E-state index contributed by atoms with van der Waals surface area (Å²) in [4.78, 5) is 49.7. The van der Waals surface area contributed by atoms with E-state index in [9.17, 15) is 19.2 Å². The SMILES string of the molecule is CC(C)(C)OC(=O)CCC(C(N)=O)N1Cc2cc(C(=O)CBr)ccc2C1=O. The molecule has 0 aliphatic carbocycles. The third-order valence-electron chi connectivity index (χ3n) is 4.13. The molecule has 8 heteroatoms. The van der Waals surface area contributed by atoms with Crippen molar-refractivity contribution in [3.8, 4) is 0 Å². The highest BCUT2D eigenvalue weighted by Gasteiger charge is 2.36. The summed E-state index contributed by atoms with van der Waals surface area (Å²) in [6.07, 6.45) is 0.0511. The van der Waals surface area contributed by atoms with Gasteiger partial charge in [0.15, 0.2) is 5.78 Å². The molecule has 1 aromatic rings. The van der Waals surface area contributed by atoms with Gasteiger partial charge in [-0.25, -0.2) is 0 Å². The fourth-order valence-corrected chi connectivity index (χ4v) is 3.27. The van der Waals surface area contributed by atoms with Crippen LogP contribution in [0.5, 0.6) is 0 Å². The Bertz CT molecular complexity index is 785. The van der Waals surface area contributed by atoms with Crippen LogP contribution < -0.4 is 5.73 Å². The highest BCUT2D eigenvalue weighted by molar-refractivity contribution is 9.09. The van der Waals surface area contributed by atoms with Gasteiger partial charge in [-0.05, 0) is 44.9 Å². The fraction of sp³-hybridized carbons (Fsp3) is 0.474. The van der Waals surface area contributed by atoms with Gasteiger partial charge < -0.3 is 15.4 Å². The average molecular weight is 439 g/mol. The molecule has 27 heavy (non-hydrogen) atoms. The quantitative estimate of drug-likeness (QED) is 0.398. The molecule has 2 N–H and O–H groups in total. The number of esters is 1. The number of alkyl halides is 1. The first-order valence-corrected chi connectivity index (χ1v) is 9.70. The van der Waals surface area contributed by atoms with Gasteiger partial charge in [-0.1, -0.05) is 22.0 Å². The number of hydrogen-bond donors (Lipinski definition) is 1. The van der Waals surface area contributed by atoms with Crippen molar-refractivity contribution in [1.29, 1.82) is 0 Å². The largest absolute Gasteiger partial charge is 0.460 e. The van der Waals surface area contributed by atoms with Gasteiger partial charge in [-0.15, -0.1) is 0 Å². The van der Waals surface area contributed by atoms with Crippen LogP contribution in [-0.2, 0) is 20.9 Å². The molecule has 146 valence electrons. The molecule has 0 fully saturated rings. The third-order valence-corrected chi connectivity index (χ3v) is 4.64. The van der Waals surface area contributed by atoms with Crippen LogP contribution in [0, 0.1) is 0 Å². The van der Waals surface area contributed by atoms with Crippen LogP contribution in [0.2, 0.25) is 0 Å². The summed E-state index contributed by atoms with van der Waals surface area (Å²) in [5.41, 5.74) is 6.44. The lowest BCUT2D eigenvalue weighted by molar-refractivity contribution is -0.155. The van der Waals surface area contributed by atoms with E-state index in [2.05, 4.69) is 15.9 Å². The van der Waals surface area contributed by atoms with Crippen molar-refractivity contribution in [1.82, 2.24) is 4.90 Å². The van der Waals surface area contributed by atoms with Crippen molar-refractivity contribution in [2.24, 2.45) is 5.73 Å². The molecule has 1 aliphatic rings. The van der Waals surface area contributed by atoms with Gasteiger partial charge in [0.2, 0.25) is 5.91 Å². The summed E-state index contributed by atoms with van der Waals surface area (Å²) in [5.74, 6) is -1.57. The van der Waals surface area contributed by atoms with E-state index in [0.717, 1.165) is 0 Å². The Labute approximate surface area is 166 Å². The van der Waals surface area contributed by atoms with Crippen LogP contribution in [0.15, 0.2) is 18.2 Å². The van der Waals surface area contributed by atoms with Crippen molar-refractivity contribution in [3.63, 3.8) is 0 Å². The summed E-state index contributed by atoms with van der Waals surface area (Å²) in [6.45, 7) is 5.42. The number of nitrogens with two attached hydrogens (primary N) is 1. The lowest BCUT2D eigenvalue weighted by atomic mass is 10.0. The predicted octanol–water partition coefficient (Wildman–Crippen LogP) is 2.20. The first kappa shape index (κ1) is 21.1. The Balaban J connectivity index is 2.14. The first-order valence-electron chi connectivity index (χ1n) is 8.57. The number of benzene rings is 1. The molecule has 1 atom stereocenters. The van der Waals surface area contributed by atoms with Crippen LogP contribution in [0.25, 0.3) is 0 Å². The van der Waals surface area contributed by atoms with E-state index >= 15 is 0 Å². The molecule has 0 bridgehead atoms. The molecule has 0 saturated carbocycles. The molecule has 1 unspecified atom stereocenters. The molecule has 0 radical (unpaired) electrons. The number of ketones is 1. The molecular weight excluding hydrogens is 416 g/mol. The minimum Gasteiger partial charge on any atom is -0.460 e. The number of carbonyl (C=O) groups is 4. The Morgan fingerprint density at radius 2 is 1.96 bits per heavy atom. The van der Waals surface area contributed by atoms with Gasteiger partial charge in [-0.2, -0.15) is 0 Å². The van der Waals surface area contributed by atoms with Crippen LogP contribution in [0.1, 0.15) is 59.9 Å². The van der Waals surface area contributed by atoms with E-state index in [1.54, 1.807) is 39.0 Å². The van der Waals surface area contributed by atoms with Crippen LogP contribution in [0.3, 0.4) is 0 Å². The van der Waals surface area contributed by atoms with E-state index < -0.39 is 23.5 Å². The van der Waals surface area contributed by atoms with E-state index in [4.69, 9.17) is 10.5 Å². The smallest absolute Gasteiger partial charge is 0.306 e. The van der Waals surface area contributed by atoms with Gasteiger partial charge in [0.05, 0.1) is 5.33 Å². The monoisotopic (exact) mass is 438 g/mol. The molecule has 0 aromatic heterocycles. The first-order chi connectivity index (χ1) is 12.5. The minimum atomic E-state index is -0.923. The Morgan fingerprint density at radius 1 is 1.30 bits per heavy atom. The molecular formula is C19H23BrN2O5. The zero-order valence-electron chi connectivity index (χ0n) is 15.6. The normalized spacial score (nSPS) is 14.7. The van der Waals surface area contributed by atoms with E-state index in [1.165, 1.54) is 4.90 Å². The number of rotatable bonds is 7. The second-order valence-electron chi connectivity index (χ2n) is 7.41. The lowest BCUT2D eigenvalue weighted by Crippen LogP contribution is -2.45. The summed E-state index contributed by atoms with van der Waals surface area (Å²) in [6, 6.07) is 3.90. The van der Waals surface area contributed by atoms with Crippen molar-refractivity contribution < 1.29 is 23.9 Å². The van der Waals surface area contributed by atoms with E-state index in [-0.39, 0.29) is 36.4 Å². The zero-order chi connectivity index (χ0) is 20.4. The van der Waals surface area contributed by atoms with Crippen molar-refractivity contribution in [3.05, 3.63) is 34.9 Å². The van der Waals surface area contributed by atoms with Gasteiger partial charge in [0.25, 0.3) is 5.91 Å². The second-order valence-corrected chi connectivity index (χ2v) is 7.97. The van der Waals surface area contributed by atoms with Crippen molar-refractivity contribution >= 4 is 39.5 Å². The third kappa shape index (κ3) is 5.15.